The first kappa shape index (κ1) is 12.8. The van der Waals surface area contributed by atoms with Crippen LogP contribution in [-0.4, -0.2) is 12.2 Å². The SMILES string of the molecule is COc1c(F)cc(C(C)(F)F)cc1C(C)O. The van der Waals surface area contributed by atoms with Gasteiger partial charge in [-0.15, -0.1) is 0 Å². The largest absolute Gasteiger partial charge is 0.493 e. The molecular formula is C11H13F3O2. The van der Waals surface area contributed by atoms with Crippen molar-refractivity contribution in [2.24, 2.45) is 0 Å². The third-order valence-electron chi connectivity index (χ3n) is 2.23. The highest BCUT2D eigenvalue weighted by Gasteiger charge is 2.28. The van der Waals surface area contributed by atoms with Crippen LogP contribution in [0.25, 0.3) is 0 Å². The van der Waals surface area contributed by atoms with Crippen LogP contribution in [0.1, 0.15) is 31.1 Å². The summed E-state index contributed by atoms with van der Waals surface area (Å²) in [6.45, 7) is 2.02. The molecule has 2 nitrogen and oxygen atoms in total. The van der Waals surface area contributed by atoms with Crippen molar-refractivity contribution in [3.63, 3.8) is 0 Å². The second-order valence-corrected chi connectivity index (χ2v) is 3.64. The van der Waals surface area contributed by atoms with Crippen molar-refractivity contribution in [2.75, 3.05) is 7.11 Å². The topological polar surface area (TPSA) is 29.5 Å². The van der Waals surface area contributed by atoms with Gasteiger partial charge in [-0.1, -0.05) is 0 Å². The van der Waals surface area contributed by atoms with Gasteiger partial charge in [0.15, 0.2) is 11.6 Å². The molecule has 1 rings (SSSR count). The van der Waals surface area contributed by atoms with E-state index in [2.05, 4.69) is 0 Å². The van der Waals surface area contributed by atoms with Crippen LogP contribution in [0.5, 0.6) is 5.75 Å². The minimum atomic E-state index is -3.16. The number of hydrogen-bond donors (Lipinski definition) is 1. The summed E-state index contributed by atoms with van der Waals surface area (Å²) in [6.07, 6.45) is -1.08. The monoisotopic (exact) mass is 234 g/mol. The molecule has 16 heavy (non-hydrogen) atoms. The lowest BCUT2D eigenvalue weighted by atomic mass is 10.0. The van der Waals surface area contributed by atoms with Crippen molar-refractivity contribution in [3.05, 3.63) is 29.1 Å². The number of methoxy groups -OCH3 is 1. The summed E-state index contributed by atoms with van der Waals surface area (Å²) in [4.78, 5) is 0. The summed E-state index contributed by atoms with van der Waals surface area (Å²) >= 11 is 0. The standard InChI is InChI=1S/C11H13F3O2/c1-6(15)8-4-7(11(2,13)14)5-9(12)10(8)16-3/h4-6,15H,1-3H3. The zero-order chi connectivity index (χ0) is 12.5. The molecular weight excluding hydrogens is 221 g/mol. The van der Waals surface area contributed by atoms with Crippen molar-refractivity contribution in [1.29, 1.82) is 0 Å². The fourth-order valence-corrected chi connectivity index (χ4v) is 1.39. The van der Waals surface area contributed by atoms with E-state index in [1.54, 1.807) is 0 Å². The Hall–Kier alpha value is -1.23. The summed E-state index contributed by atoms with van der Waals surface area (Å²) in [5.41, 5.74) is -0.472. The molecule has 0 heterocycles. The number of halogens is 3. The number of alkyl halides is 2. The number of benzene rings is 1. The van der Waals surface area contributed by atoms with Crippen molar-refractivity contribution in [3.8, 4) is 5.75 Å². The average Bonchev–Trinajstić information content (AvgIpc) is 2.14. The van der Waals surface area contributed by atoms with Crippen LogP contribution < -0.4 is 4.74 Å². The molecule has 1 aromatic carbocycles. The summed E-state index contributed by atoms with van der Waals surface area (Å²) in [6, 6.07) is 1.76. The van der Waals surface area contributed by atoms with Gasteiger partial charge < -0.3 is 9.84 Å². The molecule has 0 saturated carbocycles. The lowest BCUT2D eigenvalue weighted by Crippen LogP contribution is -2.10. The maximum Gasteiger partial charge on any atom is 0.270 e. The van der Waals surface area contributed by atoms with Crippen molar-refractivity contribution >= 4 is 0 Å². The molecule has 1 unspecified atom stereocenters. The minimum Gasteiger partial charge on any atom is -0.493 e. The van der Waals surface area contributed by atoms with Gasteiger partial charge in [-0.3, -0.25) is 0 Å². The Kier molecular flexibility index (Phi) is 3.48. The van der Waals surface area contributed by atoms with Crippen LogP contribution in [0, 0.1) is 5.82 Å². The van der Waals surface area contributed by atoms with Crippen LogP contribution in [0.2, 0.25) is 0 Å². The second kappa shape index (κ2) is 4.33. The molecule has 0 spiro atoms. The summed E-state index contributed by atoms with van der Waals surface area (Å²) in [5, 5.41) is 9.36. The number of aliphatic hydroxyl groups is 1. The van der Waals surface area contributed by atoms with Crippen LogP contribution in [0.4, 0.5) is 13.2 Å². The molecule has 0 bridgehead atoms. The minimum absolute atomic E-state index is 0.0130. The molecule has 1 atom stereocenters. The van der Waals surface area contributed by atoms with E-state index in [1.807, 2.05) is 0 Å². The van der Waals surface area contributed by atoms with Crippen LogP contribution in [0.3, 0.4) is 0 Å². The highest BCUT2D eigenvalue weighted by molar-refractivity contribution is 5.41. The number of rotatable bonds is 3. The Balaban J connectivity index is 3.40. The molecule has 0 radical (unpaired) electrons. The third-order valence-corrected chi connectivity index (χ3v) is 2.23. The highest BCUT2D eigenvalue weighted by atomic mass is 19.3. The Morgan fingerprint density at radius 2 is 1.94 bits per heavy atom. The Bertz CT molecular complexity index is 384. The van der Waals surface area contributed by atoms with Crippen LogP contribution >= 0.6 is 0 Å². The van der Waals surface area contributed by atoms with Gasteiger partial charge in [-0.05, 0) is 19.1 Å². The summed E-state index contributed by atoms with van der Waals surface area (Å²) < 4.78 is 44.2. The molecule has 0 aromatic heterocycles. The zero-order valence-corrected chi connectivity index (χ0v) is 9.22. The normalized spacial score (nSPS) is 13.7. The Labute approximate surface area is 91.7 Å². The maximum atomic E-state index is 13.4. The van der Waals surface area contributed by atoms with E-state index in [0.29, 0.717) is 13.0 Å². The number of ether oxygens (including phenoxy) is 1. The molecule has 0 fully saturated rings. The molecule has 0 aliphatic rings. The zero-order valence-electron chi connectivity index (χ0n) is 9.22. The van der Waals surface area contributed by atoms with Gasteiger partial charge >= 0.3 is 0 Å². The molecule has 0 amide bonds. The van der Waals surface area contributed by atoms with Gasteiger partial charge in [-0.25, -0.2) is 13.2 Å². The first-order valence-corrected chi connectivity index (χ1v) is 4.71. The number of aliphatic hydroxyl groups excluding tert-OH is 1. The lowest BCUT2D eigenvalue weighted by molar-refractivity contribution is 0.0168. The lowest BCUT2D eigenvalue weighted by Gasteiger charge is -2.17. The van der Waals surface area contributed by atoms with Gasteiger partial charge in [0.2, 0.25) is 0 Å². The van der Waals surface area contributed by atoms with E-state index >= 15 is 0 Å². The van der Waals surface area contributed by atoms with E-state index in [4.69, 9.17) is 4.74 Å². The Morgan fingerprint density at radius 1 is 1.38 bits per heavy atom. The molecule has 0 saturated heterocycles. The number of hydrogen-bond acceptors (Lipinski definition) is 2. The predicted molar refractivity (Wildman–Crippen MR) is 53.2 cm³/mol. The van der Waals surface area contributed by atoms with E-state index in [9.17, 15) is 18.3 Å². The van der Waals surface area contributed by atoms with Gasteiger partial charge in [0.1, 0.15) is 0 Å². The van der Waals surface area contributed by atoms with E-state index in [1.165, 1.54) is 14.0 Å². The average molecular weight is 234 g/mol. The maximum absolute atomic E-state index is 13.4. The molecule has 1 aromatic rings. The fourth-order valence-electron chi connectivity index (χ4n) is 1.39. The van der Waals surface area contributed by atoms with Crippen LogP contribution in [0.15, 0.2) is 12.1 Å². The quantitative estimate of drug-likeness (QED) is 0.871. The van der Waals surface area contributed by atoms with Gasteiger partial charge in [-0.2, -0.15) is 0 Å². The first-order valence-electron chi connectivity index (χ1n) is 4.71. The molecule has 0 aliphatic heterocycles. The second-order valence-electron chi connectivity index (χ2n) is 3.64. The summed E-state index contributed by atoms with van der Waals surface area (Å²) in [7, 11) is 1.22. The van der Waals surface area contributed by atoms with E-state index < -0.39 is 23.4 Å². The highest BCUT2D eigenvalue weighted by Crippen LogP contribution is 2.35. The van der Waals surface area contributed by atoms with Gasteiger partial charge in [0.25, 0.3) is 5.92 Å². The fraction of sp³-hybridized carbons (Fsp3) is 0.455. The third kappa shape index (κ3) is 2.47. The molecule has 1 N–H and O–H groups in total. The van der Waals surface area contributed by atoms with Crippen molar-refractivity contribution < 1.29 is 23.0 Å². The van der Waals surface area contributed by atoms with Crippen molar-refractivity contribution in [1.82, 2.24) is 0 Å². The smallest absolute Gasteiger partial charge is 0.270 e. The first-order chi connectivity index (χ1) is 7.27. The molecule has 90 valence electrons. The van der Waals surface area contributed by atoms with Gasteiger partial charge in [0.05, 0.1) is 13.2 Å². The predicted octanol–water partition coefficient (Wildman–Crippen LogP) is 3.00. The van der Waals surface area contributed by atoms with E-state index in [-0.39, 0.29) is 11.3 Å². The van der Waals surface area contributed by atoms with Crippen molar-refractivity contribution in [2.45, 2.75) is 25.9 Å². The molecule has 0 aliphatic carbocycles. The van der Waals surface area contributed by atoms with Gasteiger partial charge in [0, 0.05) is 18.1 Å². The summed E-state index contributed by atoms with van der Waals surface area (Å²) in [5.74, 6) is -4.27. The van der Waals surface area contributed by atoms with Crippen LogP contribution in [-0.2, 0) is 5.92 Å². The Morgan fingerprint density at radius 3 is 2.31 bits per heavy atom. The van der Waals surface area contributed by atoms with E-state index in [0.717, 1.165) is 6.07 Å². The molecule has 5 heteroatoms.